The average Bonchev–Trinajstić information content (AvgIpc) is 3.93. The lowest BCUT2D eigenvalue weighted by Crippen LogP contribution is -2.49. The van der Waals surface area contributed by atoms with Crippen molar-refractivity contribution in [3.8, 4) is 11.6 Å². The number of carbonyl (C=O) groups is 4. The SMILES string of the molecule is C=C[C@@H]1C[C@]1(CC(=O)[C@@H]1CC(Oc2nccc3cc(OC)ccc23)CN1C(=O)[C@@H](CC(=O)OC(C)(C)C(F)(F)F)C(C)(C)C)C(=O)NS(=O)(=O)OC1(C)CC1. The van der Waals surface area contributed by atoms with E-state index in [9.17, 15) is 40.8 Å². The number of nitrogens with one attached hydrogen (secondary N) is 1. The van der Waals surface area contributed by atoms with Crippen LogP contribution in [0.1, 0.15) is 80.1 Å². The minimum Gasteiger partial charge on any atom is -0.497 e. The minimum atomic E-state index is -4.88. The number of allylic oxidation sites excluding steroid dienone is 1. The molecule has 0 spiro atoms. The molecule has 0 radical (unpaired) electrons. The number of nitrogens with zero attached hydrogens (tertiary/aromatic N) is 2. The first-order valence-corrected chi connectivity index (χ1v) is 19.4. The molecule has 5 rings (SSSR count). The summed E-state index contributed by atoms with van der Waals surface area (Å²) in [5.41, 5.74) is -6.25. The minimum absolute atomic E-state index is 0.0720. The third-order valence-electron chi connectivity index (χ3n) is 10.7. The smallest absolute Gasteiger partial charge is 0.427 e. The third-order valence-corrected chi connectivity index (χ3v) is 11.8. The van der Waals surface area contributed by atoms with Gasteiger partial charge < -0.3 is 19.1 Å². The Labute approximate surface area is 318 Å². The van der Waals surface area contributed by atoms with E-state index in [1.807, 2.05) is 4.72 Å². The molecule has 3 aliphatic rings. The van der Waals surface area contributed by atoms with E-state index < -0.39 is 98.9 Å². The Bertz CT molecular complexity index is 1980. The van der Waals surface area contributed by atoms with Crippen molar-refractivity contribution in [2.24, 2.45) is 22.7 Å². The number of amides is 2. The maximum absolute atomic E-state index is 14.5. The Morgan fingerprint density at radius 1 is 1.11 bits per heavy atom. The number of ether oxygens (including phenoxy) is 3. The highest BCUT2D eigenvalue weighted by molar-refractivity contribution is 7.85. The fourth-order valence-corrected chi connectivity index (χ4v) is 8.00. The molecule has 1 aliphatic heterocycles. The van der Waals surface area contributed by atoms with E-state index in [2.05, 4.69) is 11.6 Å². The first-order chi connectivity index (χ1) is 25.3. The number of hydrogen-bond donors (Lipinski definition) is 1. The summed E-state index contributed by atoms with van der Waals surface area (Å²) in [7, 11) is -2.99. The summed E-state index contributed by atoms with van der Waals surface area (Å²) in [6.45, 7) is 11.5. The molecule has 5 atom stereocenters. The van der Waals surface area contributed by atoms with Gasteiger partial charge in [-0.25, -0.2) is 13.9 Å². The second-order valence-corrected chi connectivity index (χ2v) is 17.8. The number of ketones is 1. The number of hydrogen-bond acceptors (Lipinski definition) is 11. The molecule has 302 valence electrons. The van der Waals surface area contributed by atoms with Crippen molar-refractivity contribution < 1.29 is 59.2 Å². The van der Waals surface area contributed by atoms with Crippen LogP contribution in [0, 0.1) is 22.7 Å². The highest BCUT2D eigenvalue weighted by Gasteiger charge is 2.61. The van der Waals surface area contributed by atoms with Gasteiger partial charge in [-0.15, -0.1) is 6.58 Å². The normalized spacial score (nSPS) is 24.1. The van der Waals surface area contributed by atoms with E-state index in [1.54, 1.807) is 52.0 Å². The molecular formula is C38H48F3N3O10S. The Hall–Kier alpha value is -4.25. The molecule has 2 saturated carbocycles. The van der Waals surface area contributed by atoms with E-state index >= 15 is 0 Å². The highest BCUT2D eigenvalue weighted by Crippen LogP contribution is 2.57. The van der Waals surface area contributed by atoms with Crippen LogP contribution in [0.2, 0.25) is 0 Å². The number of fused-ring (bicyclic) bond motifs is 1. The van der Waals surface area contributed by atoms with Crippen LogP contribution in [-0.2, 0) is 38.4 Å². The number of pyridine rings is 1. The number of likely N-dealkylation sites (tertiary alicyclic amines) is 1. The van der Waals surface area contributed by atoms with E-state index in [0.717, 1.165) is 5.39 Å². The molecule has 0 bridgehead atoms. The predicted molar refractivity (Wildman–Crippen MR) is 193 cm³/mol. The van der Waals surface area contributed by atoms with Crippen LogP contribution < -0.4 is 14.2 Å². The number of alkyl halides is 3. The van der Waals surface area contributed by atoms with Gasteiger partial charge in [0.25, 0.3) is 0 Å². The maximum atomic E-state index is 14.5. The van der Waals surface area contributed by atoms with Gasteiger partial charge in [-0.3, -0.25) is 19.2 Å². The van der Waals surface area contributed by atoms with Crippen LogP contribution >= 0.6 is 0 Å². The van der Waals surface area contributed by atoms with Gasteiger partial charge in [0, 0.05) is 24.4 Å². The number of rotatable bonds is 15. The predicted octanol–water partition coefficient (Wildman–Crippen LogP) is 5.61. The second kappa shape index (κ2) is 14.7. The van der Waals surface area contributed by atoms with Gasteiger partial charge in [-0.1, -0.05) is 26.8 Å². The van der Waals surface area contributed by atoms with Crippen LogP contribution in [0.25, 0.3) is 10.8 Å². The van der Waals surface area contributed by atoms with E-state index in [-0.39, 0.29) is 25.3 Å². The van der Waals surface area contributed by atoms with Gasteiger partial charge >= 0.3 is 22.4 Å². The van der Waals surface area contributed by atoms with Gasteiger partial charge in [-0.05, 0) is 81.0 Å². The maximum Gasteiger partial charge on any atom is 0.427 e. The van der Waals surface area contributed by atoms with Crippen LogP contribution in [0.5, 0.6) is 11.6 Å². The van der Waals surface area contributed by atoms with Crippen LogP contribution in [-0.4, -0.2) is 85.0 Å². The van der Waals surface area contributed by atoms with Gasteiger partial charge in [0.1, 0.15) is 11.9 Å². The van der Waals surface area contributed by atoms with Crippen molar-refractivity contribution in [2.75, 3.05) is 13.7 Å². The van der Waals surface area contributed by atoms with E-state index in [0.29, 0.717) is 37.8 Å². The Kier molecular flexibility index (Phi) is 11.2. The van der Waals surface area contributed by atoms with Crippen LogP contribution in [0.15, 0.2) is 43.1 Å². The highest BCUT2D eigenvalue weighted by atomic mass is 32.2. The molecule has 1 aromatic carbocycles. The molecule has 2 aliphatic carbocycles. The number of esters is 1. The van der Waals surface area contributed by atoms with Gasteiger partial charge in [-0.2, -0.15) is 21.6 Å². The van der Waals surface area contributed by atoms with Gasteiger partial charge in [0.05, 0.1) is 43.1 Å². The number of Topliss-reactive ketones (excluding diaryl/α,β-unsaturated/α-hetero) is 1. The van der Waals surface area contributed by atoms with Crippen molar-refractivity contribution in [3.63, 3.8) is 0 Å². The summed E-state index contributed by atoms with van der Waals surface area (Å²) >= 11 is 0. The van der Waals surface area contributed by atoms with Crippen molar-refractivity contribution in [2.45, 2.75) is 110 Å². The first-order valence-electron chi connectivity index (χ1n) is 18.0. The molecule has 17 heteroatoms. The molecule has 13 nitrogen and oxygen atoms in total. The lowest BCUT2D eigenvalue weighted by atomic mass is 9.77. The summed E-state index contributed by atoms with van der Waals surface area (Å²) in [6.07, 6.45) is -2.91. The molecule has 1 saturated heterocycles. The summed E-state index contributed by atoms with van der Waals surface area (Å²) in [5.74, 6) is -4.51. The fourth-order valence-electron chi connectivity index (χ4n) is 6.83. The topological polar surface area (TPSA) is 168 Å². The van der Waals surface area contributed by atoms with Crippen molar-refractivity contribution >= 4 is 44.6 Å². The van der Waals surface area contributed by atoms with Crippen molar-refractivity contribution in [1.82, 2.24) is 14.6 Å². The van der Waals surface area contributed by atoms with E-state index in [4.69, 9.17) is 18.4 Å². The number of methoxy groups -OCH3 is 1. The average molecular weight is 796 g/mol. The molecule has 55 heavy (non-hydrogen) atoms. The third kappa shape index (κ3) is 9.25. The zero-order valence-electron chi connectivity index (χ0n) is 31.9. The zero-order chi connectivity index (χ0) is 40.9. The Morgan fingerprint density at radius 3 is 2.35 bits per heavy atom. The number of halogens is 3. The quantitative estimate of drug-likeness (QED) is 0.176. The molecule has 1 N–H and O–H groups in total. The Balaban J connectivity index is 1.44. The summed E-state index contributed by atoms with van der Waals surface area (Å²) in [4.78, 5) is 61.1. The summed E-state index contributed by atoms with van der Waals surface area (Å²) in [6, 6.07) is 5.76. The molecule has 2 heterocycles. The van der Waals surface area contributed by atoms with Crippen molar-refractivity contribution in [1.29, 1.82) is 0 Å². The summed E-state index contributed by atoms with van der Waals surface area (Å²) < 4.78 is 89.8. The lowest BCUT2D eigenvalue weighted by molar-refractivity contribution is -0.257. The van der Waals surface area contributed by atoms with Gasteiger partial charge in [0.2, 0.25) is 23.3 Å². The molecule has 1 unspecified atom stereocenters. The van der Waals surface area contributed by atoms with E-state index in [1.165, 1.54) is 24.3 Å². The van der Waals surface area contributed by atoms with Crippen LogP contribution in [0.3, 0.4) is 0 Å². The second-order valence-electron chi connectivity index (χ2n) is 16.6. The Morgan fingerprint density at radius 2 is 1.78 bits per heavy atom. The summed E-state index contributed by atoms with van der Waals surface area (Å²) in [5, 5.41) is 1.35. The van der Waals surface area contributed by atoms with Crippen LogP contribution in [0.4, 0.5) is 13.2 Å². The number of aromatic nitrogens is 1. The van der Waals surface area contributed by atoms with Gasteiger partial charge in [0.15, 0.2) is 5.78 Å². The standard InChI is InChI=1S/C38H48F3N3O10S/c1-9-23-19-37(23,33(48)43-55(49,50)54-36(7)13-14-36)20-29(45)28-17-25(52-31-26-11-10-24(51-8)16-22(26)12-15-42-31)21-44(28)32(47)27(34(2,3)4)18-30(46)53-35(5,6)38(39,40)41/h9-12,15-16,23,25,27-28H,1,13-14,17-21H2,2-8H3,(H,43,48)/t23-,25?,27-,28+,37-/m1/s1. The number of carbonyl (C=O) groups excluding carboxylic acids is 4. The lowest BCUT2D eigenvalue weighted by Gasteiger charge is -2.35. The van der Waals surface area contributed by atoms with Crippen molar-refractivity contribution in [3.05, 3.63) is 43.1 Å². The molecule has 1 aromatic heterocycles. The number of benzene rings is 1. The first kappa shape index (κ1) is 41.9. The molecule has 3 fully saturated rings. The fraction of sp³-hybridized carbons (Fsp3) is 0.605. The monoisotopic (exact) mass is 795 g/mol. The molecular weight excluding hydrogens is 747 g/mol. The molecule has 2 amide bonds. The largest absolute Gasteiger partial charge is 0.497 e. The molecule has 2 aromatic rings. The zero-order valence-corrected chi connectivity index (χ0v) is 32.8.